The van der Waals surface area contributed by atoms with Gasteiger partial charge < -0.3 is 4.48 Å². The Bertz CT molecular complexity index is 155. The number of hydrogen-bond donors (Lipinski definition) is 1. The molecule has 0 bridgehead atoms. The Hall–Kier alpha value is -0.0800. The molecule has 2 fully saturated rings. The third kappa shape index (κ3) is 1.75. The van der Waals surface area contributed by atoms with Gasteiger partial charge in [0.15, 0.2) is 0 Å². The molecule has 0 atom stereocenters. The molecule has 1 aliphatic carbocycles. The summed E-state index contributed by atoms with van der Waals surface area (Å²) in [6.45, 7) is 3.62. The van der Waals surface area contributed by atoms with Gasteiger partial charge in [0.1, 0.15) is 6.67 Å². The van der Waals surface area contributed by atoms with E-state index in [1.54, 1.807) is 0 Å². The highest BCUT2D eigenvalue weighted by Crippen LogP contribution is 2.31. The largest absolute Gasteiger partial charge is 0.309 e. The van der Waals surface area contributed by atoms with E-state index in [1.807, 2.05) is 0 Å². The quantitative estimate of drug-likeness (QED) is 0.650. The van der Waals surface area contributed by atoms with Crippen molar-refractivity contribution in [2.24, 2.45) is 5.73 Å². The van der Waals surface area contributed by atoms with Crippen LogP contribution in [0.1, 0.15) is 44.9 Å². The lowest BCUT2D eigenvalue weighted by atomic mass is 9.93. The monoisotopic (exact) mass is 183 g/mol. The van der Waals surface area contributed by atoms with Gasteiger partial charge in [-0.25, -0.2) is 0 Å². The molecule has 0 unspecified atom stereocenters. The van der Waals surface area contributed by atoms with E-state index >= 15 is 0 Å². The van der Waals surface area contributed by atoms with Gasteiger partial charge in [0, 0.05) is 12.8 Å². The van der Waals surface area contributed by atoms with Gasteiger partial charge >= 0.3 is 0 Å². The summed E-state index contributed by atoms with van der Waals surface area (Å²) in [6, 6.07) is 0.918. The second-order valence-corrected chi connectivity index (χ2v) is 4.85. The molecule has 0 spiro atoms. The van der Waals surface area contributed by atoms with Gasteiger partial charge in [0.05, 0.1) is 19.1 Å². The minimum absolute atomic E-state index is 0.894. The maximum Gasteiger partial charge on any atom is 0.130 e. The number of hydrogen-bond acceptors (Lipinski definition) is 1. The van der Waals surface area contributed by atoms with Gasteiger partial charge in [-0.2, -0.15) is 0 Å². The maximum atomic E-state index is 5.97. The molecule has 1 heterocycles. The molecule has 2 nitrogen and oxygen atoms in total. The molecular formula is C11H23N2+. The first-order valence-corrected chi connectivity index (χ1v) is 5.93. The lowest BCUT2D eigenvalue weighted by Gasteiger charge is -2.42. The first kappa shape index (κ1) is 9.47. The second kappa shape index (κ2) is 3.97. The zero-order valence-corrected chi connectivity index (χ0v) is 8.67. The number of rotatable bonds is 2. The van der Waals surface area contributed by atoms with Crippen LogP contribution in [0.4, 0.5) is 0 Å². The molecule has 0 amide bonds. The molecule has 13 heavy (non-hydrogen) atoms. The summed E-state index contributed by atoms with van der Waals surface area (Å²) in [5.41, 5.74) is 5.97. The molecule has 1 aliphatic heterocycles. The van der Waals surface area contributed by atoms with Crippen LogP contribution in [0.25, 0.3) is 0 Å². The topological polar surface area (TPSA) is 26.0 Å². The number of quaternary nitrogens is 1. The smallest absolute Gasteiger partial charge is 0.130 e. The van der Waals surface area contributed by atoms with Crippen molar-refractivity contribution >= 4 is 0 Å². The summed E-state index contributed by atoms with van der Waals surface area (Å²) in [5.74, 6) is 0. The van der Waals surface area contributed by atoms with E-state index in [2.05, 4.69) is 0 Å². The first-order valence-electron chi connectivity index (χ1n) is 5.93. The second-order valence-electron chi connectivity index (χ2n) is 4.85. The molecule has 76 valence electrons. The molecule has 0 aromatic heterocycles. The summed E-state index contributed by atoms with van der Waals surface area (Å²) in [5, 5.41) is 0. The fraction of sp³-hybridized carbons (Fsp3) is 1.00. The van der Waals surface area contributed by atoms with Crippen molar-refractivity contribution < 1.29 is 4.48 Å². The third-order valence-electron chi connectivity index (χ3n) is 4.17. The Morgan fingerprint density at radius 2 is 1.54 bits per heavy atom. The lowest BCUT2D eigenvalue weighted by Crippen LogP contribution is -2.56. The molecule has 0 aromatic carbocycles. The summed E-state index contributed by atoms with van der Waals surface area (Å²) < 4.78 is 1.26. The fourth-order valence-corrected chi connectivity index (χ4v) is 3.29. The van der Waals surface area contributed by atoms with Crippen molar-refractivity contribution in [2.75, 3.05) is 19.8 Å². The van der Waals surface area contributed by atoms with Gasteiger partial charge in [0.2, 0.25) is 0 Å². The van der Waals surface area contributed by atoms with Crippen molar-refractivity contribution in [1.82, 2.24) is 0 Å². The van der Waals surface area contributed by atoms with Crippen LogP contribution in [-0.4, -0.2) is 30.3 Å². The Labute approximate surface area is 81.7 Å². The Kier molecular flexibility index (Phi) is 2.89. The van der Waals surface area contributed by atoms with E-state index in [9.17, 15) is 0 Å². The zero-order chi connectivity index (χ0) is 9.15. The van der Waals surface area contributed by atoms with Crippen molar-refractivity contribution in [3.05, 3.63) is 0 Å². The molecule has 0 radical (unpaired) electrons. The summed E-state index contributed by atoms with van der Waals surface area (Å²) in [4.78, 5) is 0. The molecule has 2 heteroatoms. The standard InChI is InChI=1S/C11H23N2/c12-10-13(8-4-5-9-13)11-6-2-1-3-7-11/h11H,1-10,12H2/q+1. The number of nitrogens with two attached hydrogens (primary N) is 1. The van der Waals surface area contributed by atoms with Crippen LogP contribution >= 0.6 is 0 Å². The maximum absolute atomic E-state index is 5.97. The van der Waals surface area contributed by atoms with Gasteiger partial charge in [-0.05, 0) is 25.7 Å². The average molecular weight is 183 g/mol. The van der Waals surface area contributed by atoms with Gasteiger partial charge in [-0.1, -0.05) is 6.42 Å². The minimum atomic E-state index is 0.894. The SMILES string of the molecule is NC[N+]1(C2CCCCC2)CCCC1. The van der Waals surface area contributed by atoms with Crippen LogP contribution in [0.3, 0.4) is 0 Å². The highest BCUT2D eigenvalue weighted by Gasteiger charge is 2.38. The highest BCUT2D eigenvalue weighted by molar-refractivity contribution is 4.69. The van der Waals surface area contributed by atoms with Crippen LogP contribution in [0.5, 0.6) is 0 Å². The van der Waals surface area contributed by atoms with Crippen LogP contribution in [-0.2, 0) is 0 Å². The van der Waals surface area contributed by atoms with Crippen molar-refractivity contribution in [3.8, 4) is 0 Å². The lowest BCUT2D eigenvalue weighted by molar-refractivity contribution is -0.941. The Morgan fingerprint density at radius 3 is 2.08 bits per heavy atom. The summed E-state index contributed by atoms with van der Waals surface area (Å²) in [6.07, 6.45) is 10.1. The van der Waals surface area contributed by atoms with E-state index in [0.717, 1.165) is 12.7 Å². The highest BCUT2D eigenvalue weighted by atomic mass is 15.4. The van der Waals surface area contributed by atoms with Crippen LogP contribution in [0.15, 0.2) is 0 Å². The van der Waals surface area contributed by atoms with Gasteiger partial charge in [-0.3, -0.25) is 5.73 Å². The van der Waals surface area contributed by atoms with E-state index in [4.69, 9.17) is 5.73 Å². The molecule has 1 saturated carbocycles. The Morgan fingerprint density at radius 1 is 0.923 bits per heavy atom. The van der Waals surface area contributed by atoms with Gasteiger partial charge in [0.25, 0.3) is 0 Å². The molecule has 2 rings (SSSR count). The first-order chi connectivity index (χ1) is 6.37. The fourth-order valence-electron chi connectivity index (χ4n) is 3.29. The predicted octanol–water partition coefficient (Wildman–Crippen LogP) is 1.85. The van der Waals surface area contributed by atoms with Crippen molar-refractivity contribution in [1.29, 1.82) is 0 Å². The van der Waals surface area contributed by atoms with Crippen molar-refractivity contribution in [2.45, 2.75) is 51.0 Å². The zero-order valence-electron chi connectivity index (χ0n) is 8.67. The van der Waals surface area contributed by atoms with Crippen LogP contribution in [0.2, 0.25) is 0 Å². The molecule has 2 N–H and O–H groups in total. The van der Waals surface area contributed by atoms with E-state index < -0.39 is 0 Å². The molecule has 1 saturated heterocycles. The summed E-state index contributed by atoms with van der Waals surface area (Å²) in [7, 11) is 0. The molecule has 0 aromatic rings. The predicted molar refractivity (Wildman–Crippen MR) is 55.2 cm³/mol. The normalized spacial score (nSPS) is 29.3. The minimum Gasteiger partial charge on any atom is -0.309 e. The van der Waals surface area contributed by atoms with E-state index in [1.165, 1.54) is 62.5 Å². The Balaban J connectivity index is 2.01. The van der Waals surface area contributed by atoms with E-state index in [-0.39, 0.29) is 0 Å². The van der Waals surface area contributed by atoms with E-state index in [0.29, 0.717) is 0 Å². The molecule has 2 aliphatic rings. The number of likely N-dealkylation sites (tertiary alicyclic amines) is 1. The van der Waals surface area contributed by atoms with Gasteiger partial charge in [-0.15, -0.1) is 0 Å². The summed E-state index contributed by atoms with van der Waals surface area (Å²) >= 11 is 0. The average Bonchev–Trinajstić information content (AvgIpc) is 2.69. The molecular weight excluding hydrogens is 160 g/mol. The van der Waals surface area contributed by atoms with Crippen LogP contribution in [0, 0.1) is 0 Å². The third-order valence-corrected chi connectivity index (χ3v) is 4.17. The van der Waals surface area contributed by atoms with Crippen LogP contribution < -0.4 is 5.73 Å². The van der Waals surface area contributed by atoms with Crippen molar-refractivity contribution in [3.63, 3.8) is 0 Å². The number of nitrogens with zero attached hydrogens (tertiary/aromatic N) is 1.